The van der Waals surface area contributed by atoms with Crippen molar-refractivity contribution in [3.63, 3.8) is 0 Å². The molecule has 0 saturated carbocycles. The first-order valence-electron chi connectivity index (χ1n) is 8.56. The lowest BCUT2D eigenvalue weighted by molar-refractivity contribution is -0.384. The third kappa shape index (κ3) is 4.81. The Hall–Kier alpha value is -4.07. The Morgan fingerprint density at radius 3 is 2.28 bits per heavy atom. The van der Waals surface area contributed by atoms with E-state index in [-0.39, 0.29) is 11.6 Å². The molecule has 3 rings (SSSR count). The van der Waals surface area contributed by atoms with E-state index < -0.39 is 4.92 Å². The lowest BCUT2D eigenvalue weighted by Gasteiger charge is -2.12. The third-order valence-corrected chi connectivity index (χ3v) is 4.03. The first-order chi connectivity index (χ1) is 14.0. The summed E-state index contributed by atoms with van der Waals surface area (Å²) in [6.45, 7) is 0. The van der Waals surface area contributed by atoms with Gasteiger partial charge in [0.25, 0.3) is 11.6 Å². The Kier molecular flexibility index (Phi) is 5.94. The van der Waals surface area contributed by atoms with Gasteiger partial charge >= 0.3 is 0 Å². The number of rotatable bonds is 7. The van der Waals surface area contributed by atoms with Crippen molar-refractivity contribution in [3.8, 4) is 23.0 Å². The van der Waals surface area contributed by atoms with Crippen LogP contribution in [-0.2, 0) is 0 Å². The van der Waals surface area contributed by atoms with Gasteiger partial charge in [0.1, 0.15) is 23.0 Å². The predicted molar refractivity (Wildman–Crippen MR) is 107 cm³/mol. The Labute approximate surface area is 166 Å². The van der Waals surface area contributed by atoms with Crippen molar-refractivity contribution < 1.29 is 23.9 Å². The summed E-state index contributed by atoms with van der Waals surface area (Å²) in [7, 11) is 3.04. The fourth-order valence-corrected chi connectivity index (χ4v) is 2.58. The molecule has 0 aliphatic carbocycles. The molecular formula is C21H18N2O6. The zero-order valence-corrected chi connectivity index (χ0v) is 15.7. The van der Waals surface area contributed by atoms with Gasteiger partial charge in [-0.15, -0.1) is 0 Å². The molecule has 0 aliphatic heterocycles. The molecule has 0 unspecified atom stereocenters. The molecule has 0 saturated heterocycles. The fraction of sp³-hybridized carbons (Fsp3) is 0.0952. The molecule has 8 heteroatoms. The van der Waals surface area contributed by atoms with Gasteiger partial charge in [0, 0.05) is 23.8 Å². The van der Waals surface area contributed by atoms with E-state index in [0.717, 1.165) is 0 Å². The summed E-state index contributed by atoms with van der Waals surface area (Å²) in [5, 5.41) is 13.5. The highest BCUT2D eigenvalue weighted by Gasteiger charge is 2.12. The summed E-state index contributed by atoms with van der Waals surface area (Å²) in [5.74, 6) is 1.56. The van der Waals surface area contributed by atoms with Gasteiger partial charge in [0.2, 0.25) is 0 Å². The number of carbonyl (C=O) groups is 1. The molecule has 148 valence electrons. The molecule has 0 atom stereocenters. The minimum Gasteiger partial charge on any atom is -0.497 e. The predicted octanol–water partition coefficient (Wildman–Crippen LogP) is 4.66. The Morgan fingerprint density at radius 1 is 0.897 bits per heavy atom. The van der Waals surface area contributed by atoms with E-state index in [0.29, 0.717) is 34.2 Å². The number of anilines is 1. The van der Waals surface area contributed by atoms with Crippen LogP contribution in [0.1, 0.15) is 10.4 Å². The van der Waals surface area contributed by atoms with Crippen LogP contribution in [-0.4, -0.2) is 25.1 Å². The second kappa shape index (κ2) is 8.75. The van der Waals surface area contributed by atoms with Crippen molar-refractivity contribution in [2.45, 2.75) is 0 Å². The summed E-state index contributed by atoms with van der Waals surface area (Å²) in [5.41, 5.74) is 0.811. The zero-order valence-electron chi connectivity index (χ0n) is 15.7. The van der Waals surface area contributed by atoms with Crippen LogP contribution < -0.4 is 19.5 Å². The largest absolute Gasteiger partial charge is 0.497 e. The van der Waals surface area contributed by atoms with Gasteiger partial charge in [-0.05, 0) is 42.5 Å². The molecule has 3 aromatic rings. The van der Waals surface area contributed by atoms with E-state index in [1.165, 1.54) is 38.5 Å². The van der Waals surface area contributed by atoms with Crippen LogP contribution in [0.5, 0.6) is 23.0 Å². The molecule has 0 aliphatic rings. The zero-order chi connectivity index (χ0) is 20.8. The summed E-state index contributed by atoms with van der Waals surface area (Å²) < 4.78 is 16.1. The van der Waals surface area contributed by atoms with Crippen LogP contribution >= 0.6 is 0 Å². The Bertz CT molecular complexity index is 1030. The number of hydrogen-bond acceptors (Lipinski definition) is 6. The maximum absolute atomic E-state index is 12.7. The van der Waals surface area contributed by atoms with Crippen molar-refractivity contribution in [2.24, 2.45) is 0 Å². The normalized spacial score (nSPS) is 10.1. The minimum atomic E-state index is -0.485. The maximum Gasteiger partial charge on any atom is 0.269 e. The van der Waals surface area contributed by atoms with Crippen LogP contribution in [0.15, 0.2) is 66.7 Å². The van der Waals surface area contributed by atoms with Crippen molar-refractivity contribution in [1.29, 1.82) is 0 Å². The van der Waals surface area contributed by atoms with E-state index >= 15 is 0 Å². The highest BCUT2D eigenvalue weighted by Crippen LogP contribution is 2.30. The Balaban J connectivity index is 1.77. The lowest BCUT2D eigenvalue weighted by atomic mass is 10.2. The van der Waals surface area contributed by atoms with Gasteiger partial charge in [-0.1, -0.05) is 6.07 Å². The maximum atomic E-state index is 12.7. The van der Waals surface area contributed by atoms with Crippen molar-refractivity contribution >= 4 is 17.3 Å². The first kappa shape index (κ1) is 19.7. The fourth-order valence-electron chi connectivity index (χ4n) is 2.58. The molecular weight excluding hydrogens is 376 g/mol. The number of nitrogens with zero attached hydrogens (tertiary/aromatic N) is 1. The smallest absolute Gasteiger partial charge is 0.269 e. The number of carbonyl (C=O) groups excluding carboxylic acids is 1. The summed E-state index contributed by atoms with van der Waals surface area (Å²) >= 11 is 0. The molecule has 1 amide bonds. The summed E-state index contributed by atoms with van der Waals surface area (Å²) in [4.78, 5) is 22.9. The van der Waals surface area contributed by atoms with Gasteiger partial charge in [0.05, 0.1) is 24.8 Å². The highest BCUT2D eigenvalue weighted by atomic mass is 16.6. The van der Waals surface area contributed by atoms with Crippen molar-refractivity contribution in [3.05, 3.63) is 82.4 Å². The van der Waals surface area contributed by atoms with Crippen LogP contribution in [0.4, 0.5) is 11.4 Å². The van der Waals surface area contributed by atoms with E-state index in [9.17, 15) is 14.9 Å². The molecule has 0 fully saturated rings. The quantitative estimate of drug-likeness (QED) is 0.462. The molecule has 29 heavy (non-hydrogen) atoms. The average Bonchev–Trinajstić information content (AvgIpc) is 2.74. The van der Waals surface area contributed by atoms with E-state index in [2.05, 4.69) is 5.32 Å². The highest BCUT2D eigenvalue weighted by molar-refractivity contribution is 6.05. The van der Waals surface area contributed by atoms with Gasteiger partial charge in [-0.25, -0.2) is 0 Å². The number of nitro groups is 1. The van der Waals surface area contributed by atoms with Gasteiger partial charge in [-0.2, -0.15) is 0 Å². The van der Waals surface area contributed by atoms with Crippen LogP contribution in [0, 0.1) is 10.1 Å². The Morgan fingerprint density at radius 2 is 1.62 bits per heavy atom. The van der Waals surface area contributed by atoms with Crippen LogP contribution in [0.25, 0.3) is 0 Å². The number of methoxy groups -OCH3 is 2. The van der Waals surface area contributed by atoms with Crippen molar-refractivity contribution in [1.82, 2.24) is 0 Å². The molecule has 0 radical (unpaired) electrons. The van der Waals surface area contributed by atoms with E-state index in [1.54, 1.807) is 42.5 Å². The molecule has 1 N–H and O–H groups in total. The molecule has 0 aromatic heterocycles. The first-order valence-corrected chi connectivity index (χ1v) is 8.56. The molecule has 0 spiro atoms. The number of benzene rings is 3. The second-order valence-electron chi connectivity index (χ2n) is 5.90. The average molecular weight is 394 g/mol. The SMILES string of the molecule is COc1ccc(OC)c(NC(=O)c2cccc(Oc3ccc([N+](=O)[O-])cc3)c2)c1. The second-order valence-corrected chi connectivity index (χ2v) is 5.90. The minimum absolute atomic E-state index is 0.0299. The van der Waals surface area contributed by atoms with Crippen LogP contribution in [0.3, 0.4) is 0 Å². The molecule has 3 aromatic carbocycles. The number of nitro benzene ring substituents is 1. The summed E-state index contributed by atoms with van der Waals surface area (Å²) in [6.07, 6.45) is 0. The number of nitrogens with one attached hydrogen (secondary N) is 1. The number of ether oxygens (including phenoxy) is 3. The number of non-ortho nitro benzene ring substituents is 1. The van der Waals surface area contributed by atoms with Gasteiger partial charge in [-0.3, -0.25) is 14.9 Å². The molecule has 0 bridgehead atoms. The molecule has 0 heterocycles. The lowest BCUT2D eigenvalue weighted by Crippen LogP contribution is -2.12. The monoisotopic (exact) mass is 394 g/mol. The van der Waals surface area contributed by atoms with Gasteiger partial charge in [0.15, 0.2) is 0 Å². The van der Waals surface area contributed by atoms with Gasteiger partial charge < -0.3 is 19.5 Å². The summed E-state index contributed by atoms with van der Waals surface area (Å²) in [6, 6.07) is 17.3. The van der Waals surface area contributed by atoms with Crippen molar-refractivity contribution in [2.75, 3.05) is 19.5 Å². The topological polar surface area (TPSA) is 99.9 Å². The molecule has 8 nitrogen and oxygen atoms in total. The van der Waals surface area contributed by atoms with Crippen LogP contribution in [0.2, 0.25) is 0 Å². The number of amides is 1. The number of hydrogen-bond donors (Lipinski definition) is 1. The van der Waals surface area contributed by atoms with E-state index in [1.807, 2.05) is 0 Å². The standard InChI is InChI=1S/C21H18N2O6/c1-27-17-10-11-20(28-2)19(13-17)22-21(24)14-4-3-5-18(12-14)29-16-8-6-15(7-9-16)23(25)26/h3-13H,1-2H3,(H,22,24). The van der Waals surface area contributed by atoms with E-state index in [4.69, 9.17) is 14.2 Å². The third-order valence-electron chi connectivity index (χ3n) is 4.03.